The Morgan fingerprint density at radius 2 is 1.83 bits per heavy atom. The molecule has 0 spiro atoms. The first-order chi connectivity index (χ1) is 5.54. The van der Waals surface area contributed by atoms with E-state index in [4.69, 9.17) is 10.5 Å². The third-order valence-electron chi connectivity index (χ3n) is 1.63. The molecule has 12 heavy (non-hydrogen) atoms. The summed E-state index contributed by atoms with van der Waals surface area (Å²) in [6, 6.07) is 0. The van der Waals surface area contributed by atoms with Crippen LogP contribution in [0.3, 0.4) is 0 Å². The molecule has 0 aromatic heterocycles. The van der Waals surface area contributed by atoms with Crippen molar-refractivity contribution in [3.05, 3.63) is 0 Å². The fourth-order valence-corrected chi connectivity index (χ4v) is 0.600. The molecule has 0 bridgehead atoms. The molecular formula is C8H21N3O. The summed E-state index contributed by atoms with van der Waals surface area (Å²) in [4.78, 5) is 4.02. The van der Waals surface area contributed by atoms with Crippen LogP contribution in [0.1, 0.15) is 0 Å². The molecule has 1 unspecified atom stereocenters. The molecular weight excluding hydrogens is 154 g/mol. The van der Waals surface area contributed by atoms with Crippen molar-refractivity contribution in [3.8, 4) is 0 Å². The van der Waals surface area contributed by atoms with Crippen molar-refractivity contribution in [2.75, 3.05) is 47.9 Å². The third-order valence-corrected chi connectivity index (χ3v) is 1.63. The van der Waals surface area contributed by atoms with Crippen LogP contribution in [0.25, 0.3) is 0 Å². The monoisotopic (exact) mass is 175 g/mol. The van der Waals surface area contributed by atoms with E-state index < -0.39 is 0 Å². The Labute approximate surface area is 75.3 Å². The molecule has 4 nitrogen and oxygen atoms in total. The molecule has 0 aromatic rings. The zero-order valence-corrected chi connectivity index (χ0v) is 8.58. The highest BCUT2D eigenvalue weighted by atomic mass is 16.5. The van der Waals surface area contributed by atoms with Crippen LogP contribution < -0.4 is 5.73 Å². The van der Waals surface area contributed by atoms with Crippen molar-refractivity contribution < 1.29 is 4.74 Å². The van der Waals surface area contributed by atoms with E-state index >= 15 is 0 Å². The summed E-state index contributed by atoms with van der Waals surface area (Å²) < 4.78 is 5.36. The second kappa shape index (κ2) is 6.37. The fraction of sp³-hybridized carbons (Fsp3) is 1.00. The van der Waals surface area contributed by atoms with Gasteiger partial charge in [0.05, 0.1) is 19.4 Å². The molecule has 0 radical (unpaired) electrons. The number of rotatable bonds is 6. The highest BCUT2D eigenvalue weighted by Crippen LogP contribution is 1.86. The van der Waals surface area contributed by atoms with Crippen LogP contribution in [0, 0.1) is 0 Å². The number of hydrogen-bond donors (Lipinski definition) is 1. The Bertz CT molecular complexity index is 106. The smallest absolute Gasteiger partial charge is 0.0808 e. The quantitative estimate of drug-likeness (QED) is 0.433. The van der Waals surface area contributed by atoms with Crippen molar-refractivity contribution in [2.45, 2.75) is 6.17 Å². The predicted octanol–water partition coefficient (Wildman–Crippen LogP) is -0.589. The minimum atomic E-state index is 0.00663. The van der Waals surface area contributed by atoms with E-state index in [1.165, 1.54) is 0 Å². The lowest BCUT2D eigenvalue weighted by atomic mass is 10.5. The van der Waals surface area contributed by atoms with Gasteiger partial charge in [0, 0.05) is 6.54 Å². The van der Waals surface area contributed by atoms with Crippen LogP contribution in [-0.4, -0.2) is 63.9 Å². The van der Waals surface area contributed by atoms with Crippen molar-refractivity contribution in [1.29, 1.82) is 0 Å². The Hall–Kier alpha value is -0.160. The van der Waals surface area contributed by atoms with E-state index in [1.54, 1.807) is 0 Å². The maximum Gasteiger partial charge on any atom is 0.0808 e. The van der Waals surface area contributed by atoms with Gasteiger partial charge in [-0.25, -0.2) is 0 Å². The summed E-state index contributed by atoms with van der Waals surface area (Å²) in [6.45, 7) is 2.29. The molecule has 1 atom stereocenters. The minimum absolute atomic E-state index is 0.00663. The summed E-state index contributed by atoms with van der Waals surface area (Å²) in [6.07, 6.45) is 0.00663. The second-order valence-corrected chi connectivity index (χ2v) is 3.41. The van der Waals surface area contributed by atoms with Crippen molar-refractivity contribution in [1.82, 2.24) is 9.80 Å². The average Bonchev–Trinajstić information content (AvgIpc) is 1.97. The van der Waals surface area contributed by atoms with Crippen LogP contribution in [-0.2, 0) is 4.74 Å². The Balaban J connectivity index is 3.20. The van der Waals surface area contributed by atoms with Gasteiger partial charge in [-0.15, -0.1) is 0 Å². The molecule has 0 saturated carbocycles. The molecule has 0 fully saturated rings. The highest BCUT2D eigenvalue weighted by Gasteiger charge is 2.03. The molecule has 0 aromatic carbocycles. The molecule has 0 saturated heterocycles. The molecule has 0 rings (SSSR count). The van der Waals surface area contributed by atoms with E-state index in [-0.39, 0.29) is 6.17 Å². The van der Waals surface area contributed by atoms with Crippen LogP contribution >= 0.6 is 0 Å². The van der Waals surface area contributed by atoms with E-state index in [9.17, 15) is 0 Å². The summed E-state index contributed by atoms with van der Waals surface area (Å²) in [5, 5.41) is 0. The topological polar surface area (TPSA) is 41.7 Å². The molecule has 0 aliphatic heterocycles. The maximum absolute atomic E-state index is 5.72. The lowest BCUT2D eigenvalue weighted by Crippen LogP contribution is -2.40. The standard InChI is InChI=1S/C8H21N3O/c1-10(2)5-6-12-7-8(9)11(3)4/h8H,5-7,9H2,1-4H3. The maximum atomic E-state index is 5.72. The van der Waals surface area contributed by atoms with Crippen LogP contribution in [0.2, 0.25) is 0 Å². The highest BCUT2D eigenvalue weighted by molar-refractivity contribution is 4.54. The van der Waals surface area contributed by atoms with Crippen LogP contribution in [0.5, 0.6) is 0 Å². The van der Waals surface area contributed by atoms with Gasteiger partial charge in [0.15, 0.2) is 0 Å². The average molecular weight is 175 g/mol. The fourth-order valence-electron chi connectivity index (χ4n) is 0.600. The largest absolute Gasteiger partial charge is 0.377 e. The Morgan fingerprint density at radius 1 is 1.25 bits per heavy atom. The van der Waals surface area contributed by atoms with Crippen molar-refractivity contribution >= 4 is 0 Å². The normalized spacial score (nSPS) is 14.2. The third kappa shape index (κ3) is 6.54. The zero-order valence-electron chi connectivity index (χ0n) is 8.58. The first kappa shape index (κ1) is 11.8. The lowest BCUT2D eigenvalue weighted by Gasteiger charge is -2.19. The van der Waals surface area contributed by atoms with Gasteiger partial charge in [-0.1, -0.05) is 0 Å². The zero-order chi connectivity index (χ0) is 9.56. The van der Waals surface area contributed by atoms with Crippen LogP contribution in [0.15, 0.2) is 0 Å². The van der Waals surface area contributed by atoms with Gasteiger partial charge in [0.2, 0.25) is 0 Å². The Kier molecular flexibility index (Phi) is 6.28. The molecule has 4 heteroatoms. The molecule has 0 aliphatic rings. The van der Waals surface area contributed by atoms with E-state index in [0.717, 1.165) is 13.2 Å². The predicted molar refractivity (Wildman–Crippen MR) is 51.0 cm³/mol. The number of ether oxygens (including phenoxy) is 1. The number of nitrogens with two attached hydrogens (primary N) is 1. The SMILES string of the molecule is CN(C)CCOCC(N)N(C)C. The van der Waals surface area contributed by atoms with E-state index in [1.807, 2.05) is 33.1 Å². The minimum Gasteiger partial charge on any atom is -0.377 e. The lowest BCUT2D eigenvalue weighted by molar-refractivity contribution is 0.0722. The van der Waals surface area contributed by atoms with Gasteiger partial charge in [-0.05, 0) is 28.2 Å². The Morgan fingerprint density at radius 3 is 2.25 bits per heavy atom. The summed E-state index contributed by atoms with van der Waals surface area (Å²) in [5.41, 5.74) is 5.72. The summed E-state index contributed by atoms with van der Waals surface area (Å²) >= 11 is 0. The van der Waals surface area contributed by atoms with Crippen LogP contribution in [0.4, 0.5) is 0 Å². The van der Waals surface area contributed by atoms with Gasteiger partial charge in [0.1, 0.15) is 0 Å². The molecule has 2 N–H and O–H groups in total. The first-order valence-electron chi connectivity index (χ1n) is 4.18. The van der Waals surface area contributed by atoms with Gasteiger partial charge in [-0.3, -0.25) is 4.90 Å². The van der Waals surface area contributed by atoms with Gasteiger partial charge in [-0.2, -0.15) is 0 Å². The van der Waals surface area contributed by atoms with E-state index in [0.29, 0.717) is 6.61 Å². The number of hydrogen-bond acceptors (Lipinski definition) is 4. The summed E-state index contributed by atoms with van der Waals surface area (Å²) in [5.74, 6) is 0. The number of likely N-dealkylation sites (N-methyl/N-ethyl adjacent to an activating group) is 2. The van der Waals surface area contributed by atoms with Gasteiger partial charge < -0.3 is 15.4 Å². The molecule has 0 heterocycles. The van der Waals surface area contributed by atoms with Crippen molar-refractivity contribution in [3.63, 3.8) is 0 Å². The van der Waals surface area contributed by atoms with Gasteiger partial charge >= 0.3 is 0 Å². The summed E-state index contributed by atoms with van der Waals surface area (Å²) in [7, 11) is 7.93. The molecule has 0 amide bonds. The molecule has 0 aliphatic carbocycles. The second-order valence-electron chi connectivity index (χ2n) is 3.41. The van der Waals surface area contributed by atoms with Gasteiger partial charge in [0.25, 0.3) is 0 Å². The van der Waals surface area contributed by atoms with Crippen molar-refractivity contribution in [2.24, 2.45) is 5.73 Å². The van der Waals surface area contributed by atoms with E-state index in [2.05, 4.69) is 4.90 Å². The number of nitrogens with zero attached hydrogens (tertiary/aromatic N) is 2. The molecule has 74 valence electrons. The first-order valence-corrected chi connectivity index (χ1v) is 4.18.